The Kier molecular flexibility index (Phi) is 40.7. The second kappa shape index (κ2) is 37.8. The van der Waals surface area contributed by atoms with Gasteiger partial charge in [0.05, 0.1) is 0 Å². The van der Waals surface area contributed by atoms with Gasteiger partial charge in [-0.25, -0.2) is 0 Å². The maximum absolute atomic E-state index is 11.2. The van der Waals surface area contributed by atoms with E-state index in [1.165, 1.54) is 68.9 Å². The molecule has 0 radical (unpaired) electrons. The smallest absolute Gasteiger partial charge is 0.162 e. The van der Waals surface area contributed by atoms with E-state index in [0.717, 1.165) is 30.4 Å². The van der Waals surface area contributed by atoms with Gasteiger partial charge < -0.3 is 4.79 Å². The van der Waals surface area contributed by atoms with Crippen LogP contribution in [0, 0.1) is 5.41 Å². The number of carbonyl (C=O) groups is 2. The summed E-state index contributed by atoms with van der Waals surface area (Å²) in [6.07, 6.45) is 29.7. The SMILES string of the molecule is C=C(CCCCC)/C(C)=C/C=C\C.C=Cc1ccc(C(=O)CC)cc1.CC.CC.CC.CC(=O)CCCCC/C1=C/CC/C=C/C(C)(C)C1. The van der Waals surface area contributed by atoms with Gasteiger partial charge in [-0.3, -0.25) is 4.79 Å². The Hall–Kier alpha value is -3.00. The molecule has 0 atom stereocenters. The molecule has 1 aromatic rings. The summed E-state index contributed by atoms with van der Waals surface area (Å²) < 4.78 is 0. The third-order valence-electron chi connectivity index (χ3n) is 7.51. The van der Waals surface area contributed by atoms with Gasteiger partial charge in [0.25, 0.3) is 0 Å². The van der Waals surface area contributed by atoms with Gasteiger partial charge in [0.2, 0.25) is 0 Å². The molecule has 0 amide bonds. The van der Waals surface area contributed by atoms with Crippen molar-refractivity contribution >= 4 is 17.6 Å². The van der Waals surface area contributed by atoms with Crippen molar-refractivity contribution in [2.75, 3.05) is 0 Å². The summed E-state index contributed by atoms with van der Waals surface area (Å²) in [4.78, 5) is 22.0. The van der Waals surface area contributed by atoms with Gasteiger partial charge in [-0.05, 0) is 88.7 Å². The maximum atomic E-state index is 11.2. The predicted octanol–water partition coefficient (Wildman–Crippen LogP) is 15.9. The van der Waals surface area contributed by atoms with Crippen molar-refractivity contribution in [2.24, 2.45) is 5.41 Å². The zero-order valence-corrected chi connectivity index (χ0v) is 34.8. The summed E-state index contributed by atoms with van der Waals surface area (Å²) in [7, 11) is 0. The fraction of sp³-hybridized carbons (Fsp3) is 0.574. The van der Waals surface area contributed by atoms with E-state index in [-0.39, 0.29) is 5.78 Å². The molecule has 0 spiro atoms. The Balaban J connectivity index is -0.000000293. The average molecular weight is 677 g/mol. The van der Waals surface area contributed by atoms with E-state index in [0.29, 0.717) is 17.6 Å². The van der Waals surface area contributed by atoms with Crippen LogP contribution in [0.1, 0.15) is 189 Å². The monoisotopic (exact) mass is 677 g/mol. The molecule has 1 aromatic carbocycles. The van der Waals surface area contributed by atoms with E-state index in [1.54, 1.807) is 18.6 Å². The Labute approximate surface area is 307 Å². The quantitative estimate of drug-likeness (QED) is 0.0802. The van der Waals surface area contributed by atoms with E-state index in [2.05, 4.69) is 71.2 Å². The molecule has 49 heavy (non-hydrogen) atoms. The van der Waals surface area contributed by atoms with Crippen LogP contribution < -0.4 is 0 Å². The first-order valence-electron chi connectivity index (χ1n) is 19.6. The predicted molar refractivity (Wildman–Crippen MR) is 226 cm³/mol. The van der Waals surface area contributed by atoms with E-state index in [9.17, 15) is 9.59 Å². The van der Waals surface area contributed by atoms with Crippen molar-refractivity contribution in [3.63, 3.8) is 0 Å². The minimum Gasteiger partial charge on any atom is -0.300 e. The van der Waals surface area contributed by atoms with Gasteiger partial charge in [-0.1, -0.05) is 180 Å². The van der Waals surface area contributed by atoms with Crippen LogP contribution in [0.3, 0.4) is 0 Å². The molecule has 1 aliphatic rings. The van der Waals surface area contributed by atoms with Crippen molar-refractivity contribution in [1.29, 1.82) is 0 Å². The van der Waals surface area contributed by atoms with Crippen LogP contribution in [0.4, 0.5) is 0 Å². The molecule has 0 aliphatic heterocycles. The molecule has 2 rings (SSSR count). The van der Waals surface area contributed by atoms with Crippen molar-refractivity contribution in [1.82, 2.24) is 0 Å². The first-order chi connectivity index (χ1) is 23.5. The Morgan fingerprint density at radius 2 is 1.43 bits per heavy atom. The summed E-state index contributed by atoms with van der Waals surface area (Å²) in [5.74, 6) is 0.511. The van der Waals surface area contributed by atoms with E-state index >= 15 is 0 Å². The van der Waals surface area contributed by atoms with E-state index < -0.39 is 0 Å². The summed E-state index contributed by atoms with van der Waals surface area (Å²) >= 11 is 0. The number of hydrogen-bond acceptors (Lipinski definition) is 2. The molecule has 2 heteroatoms. The number of unbranched alkanes of at least 4 members (excludes halogenated alkanes) is 4. The highest BCUT2D eigenvalue weighted by atomic mass is 16.1. The Morgan fingerprint density at radius 1 is 0.837 bits per heavy atom. The molecule has 0 fully saturated rings. The topological polar surface area (TPSA) is 34.1 Å². The van der Waals surface area contributed by atoms with Gasteiger partial charge in [0.15, 0.2) is 5.78 Å². The second-order valence-electron chi connectivity index (χ2n) is 12.3. The second-order valence-corrected chi connectivity index (χ2v) is 12.3. The number of allylic oxidation sites excluding steroid dienone is 9. The van der Waals surface area contributed by atoms with E-state index in [1.807, 2.05) is 85.7 Å². The molecular formula is C47H80O2. The highest BCUT2D eigenvalue weighted by Crippen LogP contribution is 2.31. The van der Waals surface area contributed by atoms with Crippen LogP contribution in [0.25, 0.3) is 6.08 Å². The lowest BCUT2D eigenvalue weighted by Crippen LogP contribution is -2.10. The molecular weight excluding hydrogens is 597 g/mol. The van der Waals surface area contributed by atoms with Gasteiger partial charge in [0.1, 0.15) is 5.78 Å². The molecule has 0 heterocycles. The van der Waals surface area contributed by atoms with Crippen LogP contribution in [-0.2, 0) is 4.79 Å². The van der Waals surface area contributed by atoms with Crippen LogP contribution in [0.15, 0.2) is 90.6 Å². The highest BCUT2D eigenvalue weighted by Gasteiger charge is 2.17. The standard InChI is InChI=1S/C17H28O.C13H22.C11H12O.3C2H6/c1-15(18)10-6-4-7-11-16-12-8-5-9-13-17(2,3)14-16;1-5-7-9-11-13(4)12(3)10-8-6-2;1-3-9-5-7-10(8-6-9)11(12)4-2;3*1-2/h9,12-13H,4-8,10-11,14H2,1-3H3;6,8,10H,4-5,7,9,11H2,1-3H3;3,5-8H,1,4H2,2H3;3*1-2H3/b13-9+,16-12-;8-6-,12-10+;;;;. The van der Waals surface area contributed by atoms with Crippen LogP contribution in [-0.4, -0.2) is 11.6 Å². The summed E-state index contributed by atoms with van der Waals surface area (Å²) in [6, 6.07) is 7.47. The lowest BCUT2D eigenvalue weighted by molar-refractivity contribution is -0.117. The molecule has 0 saturated carbocycles. The lowest BCUT2D eigenvalue weighted by atomic mass is 9.82. The molecule has 0 aromatic heterocycles. The molecule has 0 saturated heterocycles. The van der Waals surface area contributed by atoms with Crippen molar-refractivity contribution in [3.05, 3.63) is 102 Å². The lowest BCUT2D eigenvalue weighted by Gasteiger charge is -2.24. The molecule has 0 N–H and O–H groups in total. The minimum absolute atomic E-state index is 0.186. The molecule has 0 bridgehead atoms. The first kappa shape index (κ1) is 52.8. The number of Topliss-reactive ketones (excluding diaryl/α,β-unsaturated/α-hetero) is 2. The van der Waals surface area contributed by atoms with Gasteiger partial charge in [0, 0.05) is 18.4 Å². The third-order valence-corrected chi connectivity index (χ3v) is 7.51. The highest BCUT2D eigenvalue weighted by molar-refractivity contribution is 5.95. The van der Waals surface area contributed by atoms with Crippen LogP contribution in [0.5, 0.6) is 0 Å². The van der Waals surface area contributed by atoms with Gasteiger partial charge in [-0.15, -0.1) is 0 Å². The van der Waals surface area contributed by atoms with Crippen molar-refractivity contribution < 1.29 is 9.59 Å². The fourth-order valence-corrected chi connectivity index (χ4v) is 4.75. The minimum atomic E-state index is 0.186. The maximum Gasteiger partial charge on any atom is 0.162 e. The first-order valence-corrected chi connectivity index (χ1v) is 19.6. The Morgan fingerprint density at radius 3 is 1.94 bits per heavy atom. The zero-order chi connectivity index (χ0) is 38.5. The van der Waals surface area contributed by atoms with Gasteiger partial charge in [-0.2, -0.15) is 0 Å². The number of ketones is 2. The molecule has 280 valence electrons. The van der Waals surface area contributed by atoms with Gasteiger partial charge >= 0.3 is 0 Å². The van der Waals surface area contributed by atoms with E-state index in [4.69, 9.17) is 0 Å². The van der Waals surface area contributed by atoms with Crippen LogP contribution >= 0.6 is 0 Å². The number of hydrogen-bond donors (Lipinski definition) is 0. The molecule has 2 nitrogen and oxygen atoms in total. The molecule has 1 aliphatic carbocycles. The Bertz CT molecular complexity index is 1070. The summed E-state index contributed by atoms with van der Waals surface area (Å²) in [5, 5.41) is 0. The zero-order valence-electron chi connectivity index (χ0n) is 34.8. The average Bonchev–Trinajstić information content (AvgIpc) is 3.11. The third kappa shape index (κ3) is 33.3. The molecule has 0 unspecified atom stereocenters. The van der Waals surface area contributed by atoms with Crippen molar-refractivity contribution in [2.45, 2.75) is 173 Å². The fourth-order valence-electron chi connectivity index (χ4n) is 4.75. The number of benzene rings is 1. The summed E-state index contributed by atoms with van der Waals surface area (Å²) in [5.41, 5.74) is 6.35. The van der Waals surface area contributed by atoms with Crippen molar-refractivity contribution in [3.8, 4) is 0 Å². The number of rotatable bonds is 15. The number of carbonyl (C=O) groups excluding carboxylic acids is 2. The van der Waals surface area contributed by atoms with Crippen LogP contribution in [0.2, 0.25) is 0 Å². The normalized spacial score (nSPS) is 14.6. The summed E-state index contributed by atoms with van der Waals surface area (Å²) in [6.45, 7) is 34.3. The largest absolute Gasteiger partial charge is 0.300 e.